The molecule has 0 unspecified atom stereocenters. The third kappa shape index (κ3) is 5.28. The van der Waals surface area contributed by atoms with Gasteiger partial charge >= 0.3 is 0 Å². The van der Waals surface area contributed by atoms with E-state index in [1.165, 1.54) is 5.56 Å². The number of benzene rings is 2. The molecule has 0 aliphatic heterocycles. The first-order valence-corrected chi connectivity index (χ1v) is 8.78. The van der Waals surface area contributed by atoms with Crippen LogP contribution in [0.5, 0.6) is 5.75 Å². The van der Waals surface area contributed by atoms with Crippen molar-refractivity contribution in [3.05, 3.63) is 83.6 Å². The molecular formula is C21H22N4O2. The summed E-state index contributed by atoms with van der Waals surface area (Å²) in [5.74, 6) is 1.11. The van der Waals surface area contributed by atoms with Crippen LogP contribution in [-0.4, -0.2) is 29.8 Å². The summed E-state index contributed by atoms with van der Waals surface area (Å²) >= 11 is 0. The summed E-state index contributed by atoms with van der Waals surface area (Å²) in [6.07, 6.45) is 0.893. The van der Waals surface area contributed by atoms with Crippen LogP contribution < -0.4 is 15.4 Å². The number of hydrogen-bond donors (Lipinski definition) is 2. The summed E-state index contributed by atoms with van der Waals surface area (Å²) in [7, 11) is 1.61. The molecule has 0 atom stereocenters. The molecule has 0 aliphatic rings. The number of amides is 1. The Kier molecular flexibility index (Phi) is 6.35. The van der Waals surface area contributed by atoms with E-state index < -0.39 is 0 Å². The lowest BCUT2D eigenvalue weighted by molar-refractivity contribution is 0.0944. The number of rotatable bonds is 8. The van der Waals surface area contributed by atoms with Crippen LogP contribution in [0, 0.1) is 0 Å². The smallest absolute Gasteiger partial charge is 0.272 e. The molecule has 0 saturated heterocycles. The summed E-state index contributed by atoms with van der Waals surface area (Å²) in [4.78, 5) is 12.3. The molecule has 2 aromatic carbocycles. The molecule has 27 heavy (non-hydrogen) atoms. The molecule has 0 fully saturated rings. The van der Waals surface area contributed by atoms with E-state index in [0.29, 0.717) is 12.4 Å². The Morgan fingerprint density at radius 1 is 0.963 bits per heavy atom. The third-order valence-corrected chi connectivity index (χ3v) is 4.09. The van der Waals surface area contributed by atoms with Gasteiger partial charge in [-0.15, -0.1) is 10.2 Å². The average molecular weight is 362 g/mol. The van der Waals surface area contributed by atoms with Crippen molar-refractivity contribution in [1.82, 2.24) is 15.5 Å². The van der Waals surface area contributed by atoms with E-state index in [2.05, 4.69) is 33.0 Å². The number of methoxy groups -OCH3 is 1. The van der Waals surface area contributed by atoms with Crippen LogP contribution in [0.1, 0.15) is 21.6 Å². The van der Waals surface area contributed by atoms with E-state index in [0.717, 1.165) is 24.3 Å². The van der Waals surface area contributed by atoms with Crippen LogP contribution in [0.3, 0.4) is 0 Å². The van der Waals surface area contributed by atoms with E-state index in [1.807, 2.05) is 42.5 Å². The highest BCUT2D eigenvalue weighted by Gasteiger charge is 2.09. The van der Waals surface area contributed by atoms with Crippen LogP contribution in [0.2, 0.25) is 0 Å². The van der Waals surface area contributed by atoms with E-state index in [4.69, 9.17) is 4.74 Å². The highest BCUT2D eigenvalue weighted by atomic mass is 16.5. The number of nitrogens with zero attached hydrogens (tertiary/aromatic N) is 2. The Labute approximate surface area is 158 Å². The van der Waals surface area contributed by atoms with Gasteiger partial charge in [-0.2, -0.15) is 0 Å². The van der Waals surface area contributed by atoms with Crippen LogP contribution in [-0.2, 0) is 13.0 Å². The molecule has 1 amide bonds. The second-order valence-electron chi connectivity index (χ2n) is 5.96. The minimum absolute atomic E-state index is 0.274. The summed E-state index contributed by atoms with van der Waals surface area (Å²) in [5, 5.41) is 14.1. The lowest BCUT2D eigenvalue weighted by atomic mass is 10.1. The lowest BCUT2D eigenvalue weighted by Crippen LogP contribution is -2.24. The number of para-hydroxylation sites is 1. The SMILES string of the molecule is COc1ccccc1CNC(=O)c1ccc(NCCc2ccccc2)nn1. The maximum Gasteiger partial charge on any atom is 0.272 e. The van der Waals surface area contributed by atoms with Gasteiger partial charge in [-0.1, -0.05) is 48.5 Å². The van der Waals surface area contributed by atoms with Crippen molar-refractivity contribution in [2.75, 3.05) is 19.0 Å². The fourth-order valence-corrected chi connectivity index (χ4v) is 2.64. The van der Waals surface area contributed by atoms with Gasteiger partial charge in [0.2, 0.25) is 0 Å². The first-order valence-electron chi connectivity index (χ1n) is 8.78. The zero-order chi connectivity index (χ0) is 18.9. The van der Waals surface area contributed by atoms with Gasteiger partial charge < -0.3 is 15.4 Å². The van der Waals surface area contributed by atoms with E-state index in [1.54, 1.807) is 19.2 Å². The largest absolute Gasteiger partial charge is 0.496 e. The minimum Gasteiger partial charge on any atom is -0.496 e. The molecule has 3 aromatic rings. The second kappa shape index (κ2) is 9.33. The van der Waals surface area contributed by atoms with E-state index in [-0.39, 0.29) is 11.6 Å². The van der Waals surface area contributed by atoms with Gasteiger partial charge in [0.25, 0.3) is 5.91 Å². The lowest BCUT2D eigenvalue weighted by Gasteiger charge is -2.09. The maximum atomic E-state index is 12.3. The molecule has 2 N–H and O–H groups in total. The first kappa shape index (κ1) is 18.4. The molecule has 6 heteroatoms. The minimum atomic E-state index is -0.274. The molecule has 6 nitrogen and oxygen atoms in total. The van der Waals surface area contributed by atoms with Crippen molar-refractivity contribution in [3.63, 3.8) is 0 Å². The number of ether oxygens (including phenoxy) is 1. The highest BCUT2D eigenvalue weighted by molar-refractivity contribution is 5.92. The predicted octanol–water partition coefficient (Wildman–Crippen LogP) is 3.07. The van der Waals surface area contributed by atoms with Gasteiger partial charge in [0, 0.05) is 18.7 Å². The molecule has 3 rings (SSSR count). The van der Waals surface area contributed by atoms with Gasteiger partial charge in [-0.3, -0.25) is 4.79 Å². The predicted molar refractivity (Wildman–Crippen MR) is 105 cm³/mol. The van der Waals surface area contributed by atoms with Crippen LogP contribution >= 0.6 is 0 Å². The van der Waals surface area contributed by atoms with Crippen molar-refractivity contribution in [1.29, 1.82) is 0 Å². The van der Waals surface area contributed by atoms with Gasteiger partial charge in [-0.05, 0) is 30.2 Å². The number of hydrogen-bond acceptors (Lipinski definition) is 5. The van der Waals surface area contributed by atoms with Crippen molar-refractivity contribution in [2.24, 2.45) is 0 Å². The molecule has 1 aromatic heterocycles. The Bertz CT molecular complexity index is 867. The number of anilines is 1. The Balaban J connectivity index is 1.49. The Morgan fingerprint density at radius 2 is 1.74 bits per heavy atom. The normalized spacial score (nSPS) is 10.3. The van der Waals surface area contributed by atoms with Crippen molar-refractivity contribution >= 4 is 11.7 Å². The molecule has 0 radical (unpaired) electrons. The number of nitrogens with one attached hydrogen (secondary N) is 2. The topological polar surface area (TPSA) is 76.1 Å². The Hall–Kier alpha value is -3.41. The van der Waals surface area contributed by atoms with Crippen LogP contribution in [0.4, 0.5) is 5.82 Å². The highest BCUT2D eigenvalue weighted by Crippen LogP contribution is 2.16. The number of aromatic nitrogens is 2. The zero-order valence-corrected chi connectivity index (χ0v) is 15.2. The van der Waals surface area contributed by atoms with E-state index >= 15 is 0 Å². The average Bonchev–Trinajstić information content (AvgIpc) is 2.73. The van der Waals surface area contributed by atoms with Gasteiger partial charge in [-0.25, -0.2) is 0 Å². The molecule has 1 heterocycles. The fraction of sp³-hybridized carbons (Fsp3) is 0.190. The van der Waals surface area contributed by atoms with E-state index in [9.17, 15) is 4.79 Å². The monoisotopic (exact) mass is 362 g/mol. The number of carbonyl (C=O) groups excluding carboxylic acids is 1. The second-order valence-corrected chi connectivity index (χ2v) is 5.96. The van der Waals surface area contributed by atoms with Gasteiger partial charge in [0.15, 0.2) is 5.69 Å². The number of carbonyl (C=O) groups is 1. The molecule has 0 spiro atoms. The standard InChI is InChI=1S/C21H22N4O2/c1-27-19-10-6-5-9-17(19)15-23-21(26)18-11-12-20(25-24-18)22-14-13-16-7-3-2-4-8-16/h2-12H,13-15H2,1H3,(H,22,25)(H,23,26). The summed E-state index contributed by atoms with van der Waals surface area (Å²) < 4.78 is 5.28. The van der Waals surface area contributed by atoms with Gasteiger partial charge in [0.05, 0.1) is 7.11 Å². The van der Waals surface area contributed by atoms with Crippen molar-refractivity contribution < 1.29 is 9.53 Å². The summed E-state index contributed by atoms with van der Waals surface area (Å²) in [6.45, 7) is 1.11. The Morgan fingerprint density at radius 3 is 2.48 bits per heavy atom. The molecule has 0 aliphatic carbocycles. The van der Waals surface area contributed by atoms with Crippen LogP contribution in [0.15, 0.2) is 66.7 Å². The maximum absolute atomic E-state index is 12.3. The zero-order valence-electron chi connectivity index (χ0n) is 15.2. The van der Waals surface area contributed by atoms with Crippen LogP contribution in [0.25, 0.3) is 0 Å². The molecule has 0 bridgehead atoms. The molecule has 138 valence electrons. The third-order valence-electron chi connectivity index (χ3n) is 4.09. The fourth-order valence-electron chi connectivity index (χ4n) is 2.64. The van der Waals surface area contributed by atoms with Crippen molar-refractivity contribution in [3.8, 4) is 5.75 Å². The van der Waals surface area contributed by atoms with Crippen molar-refractivity contribution in [2.45, 2.75) is 13.0 Å². The summed E-state index contributed by atoms with van der Waals surface area (Å²) in [5.41, 5.74) is 2.43. The summed E-state index contributed by atoms with van der Waals surface area (Å²) in [6, 6.07) is 21.2. The first-order chi connectivity index (χ1) is 13.3. The van der Waals surface area contributed by atoms with Gasteiger partial charge in [0.1, 0.15) is 11.6 Å². The molecule has 0 saturated carbocycles. The molecular weight excluding hydrogens is 340 g/mol. The quantitative estimate of drug-likeness (QED) is 0.644.